The quantitative estimate of drug-likeness (QED) is 0.213. The molecule has 0 saturated heterocycles. The molecule has 0 radical (unpaired) electrons. The van der Waals surface area contributed by atoms with Crippen molar-refractivity contribution in [3.8, 4) is 0 Å². The highest BCUT2D eigenvalue weighted by atomic mass is 79.9. The van der Waals surface area contributed by atoms with Crippen molar-refractivity contribution in [3.63, 3.8) is 0 Å². The highest BCUT2D eigenvalue weighted by molar-refractivity contribution is 9.15. The molecule has 0 aromatic heterocycles. The molecule has 2 aromatic carbocycles. The number of nitrogens with zero attached hydrogens (tertiary/aromatic N) is 1. The highest BCUT2D eigenvalue weighted by Crippen LogP contribution is 2.46. The van der Waals surface area contributed by atoms with Crippen molar-refractivity contribution in [3.05, 3.63) is 58.8 Å². The molecule has 23 heavy (non-hydrogen) atoms. The van der Waals surface area contributed by atoms with Crippen LogP contribution < -0.4 is 4.90 Å². The number of rotatable bonds is 2. The molecule has 0 saturated carbocycles. The second-order valence-corrected chi connectivity index (χ2v) is 7.83. The van der Waals surface area contributed by atoms with Gasteiger partial charge in [0.15, 0.2) is 0 Å². The van der Waals surface area contributed by atoms with E-state index in [-0.39, 0.29) is 11.1 Å². The molecule has 0 unspecified atom stereocenters. The van der Waals surface area contributed by atoms with Gasteiger partial charge in [-0.25, -0.2) is 4.90 Å². The van der Waals surface area contributed by atoms with Gasteiger partial charge >= 0.3 is 0 Å². The molecule has 4 nitrogen and oxygen atoms in total. The van der Waals surface area contributed by atoms with Gasteiger partial charge in [-0.05, 0) is 88.0 Å². The number of benzene rings is 2. The van der Waals surface area contributed by atoms with Gasteiger partial charge in [0.1, 0.15) is 6.29 Å². The lowest BCUT2D eigenvalue weighted by Gasteiger charge is -2.13. The minimum atomic E-state index is -0.426. The predicted octanol–water partition coefficient (Wildman–Crippen LogP) is 5.35. The largest absolute Gasteiger partial charge is 0.298 e. The Balaban J connectivity index is 2.19. The van der Waals surface area contributed by atoms with E-state index >= 15 is 0 Å². The molecule has 0 spiro atoms. The standard InChI is InChI=1S/C15H5Br4NO3/c16-10-8-9(11(17)13(19)12(10)18)15(23)20(14(8)22)7-3-1-6(5-21)2-4-7/h1-5H. The summed E-state index contributed by atoms with van der Waals surface area (Å²) in [7, 11) is 0. The van der Waals surface area contributed by atoms with Crippen molar-refractivity contribution in [2.24, 2.45) is 0 Å². The summed E-state index contributed by atoms with van der Waals surface area (Å²) in [5.41, 5.74) is 1.46. The molecule has 1 aliphatic rings. The van der Waals surface area contributed by atoms with E-state index in [0.29, 0.717) is 35.4 Å². The molecule has 116 valence electrons. The Morgan fingerprint density at radius 1 is 0.739 bits per heavy atom. The first kappa shape index (κ1) is 17.0. The van der Waals surface area contributed by atoms with Crippen molar-refractivity contribution in [2.45, 2.75) is 0 Å². The Morgan fingerprint density at radius 2 is 1.17 bits per heavy atom. The van der Waals surface area contributed by atoms with Crippen LogP contribution in [0.5, 0.6) is 0 Å². The van der Waals surface area contributed by atoms with Crippen LogP contribution in [0.3, 0.4) is 0 Å². The van der Waals surface area contributed by atoms with Crippen molar-refractivity contribution >= 4 is 87.5 Å². The molecule has 0 N–H and O–H groups in total. The van der Waals surface area contributed by atoms with Gasteiger partial charge < -0.3 is 0 Å². The van der Waals surface area contributed by atoms with Gasteiger partial charge in [-0.15, -0.1) is 0 Å². The number of hydrogen-bond donors (Lipinski definition) is 0. The van der Waals surface area contributed by atoms with Gasteiger partial charge in [0, 0.05) is 23.5 Å². The molecule has 0 atom stereocenters. The van der Waals surface area contributed by atoms with E-state index in [1.807, 2.05) is 0 Å². The van der Waals surface area contributed by atoms with Crippen molar-refractivity contribution in [1.82, 2.24) is 0 Å². The number of halogens is 4. The minimum absolute atomic E-state index is 0.288. The molecule has 3 rings (SSSR count). The van der Waals surface area contributed by atoms with Crippen LogP contribution in [0, 0.1) is 0 Å². The second kappa shape index (κ2) is 6.23. The first-order valence-corrected chi connectivity index (χ1v) is 9.35. The lowest BCUT2D eigenvalue weighted by atomic mass is 10.1. The number of aldehydes is 1. The third-order valence-corrected chi connectivity index (χ3v) is 8.16. The molecule has 1 aliphatic heterocycles. The summed E-state index contributed by atoms with van der Waals surface area (Å²) in [6, 6.07) is 6.25. The van der Waals surface area contributed by atoms with Gasteiger partial charge in [0.2, 0.25) is 0 Å². The molecule has 1 heterocycles. The fourth-order valence-electron chi connectivity index (χ4n) is 2.29. The normalized spacial score (nSPS) is 13.5. The van der Waals surface area contributed by atoms with Crippen molar-refractivity contribution in [1.29, 1.82) is 0 Å². The van der Waals surface area contributed by atoms with E-state index in [0.717, 1.165) is 4.90 Å². The molecule has 0 aliphatic carbocycles. The summed E-state index contributed by atoms with van der Waals surface area (Å²) in [6.07, 6.45) is 0.702. The van der Waals surface area contributed by atoms with Crippen LogP contribution in [0.15, 0.2) is 42.2 Å². The fourth-order valence-corrected chi connectivity index (χ4v) is 4.74. The van der Waals surface area contributed by atoms with Crippen molar-refractivity contribution < 1.29 is 14.4 Å². The van der Waals surface area contributed by atoms with Gasteiger partial charge in [-0.3, -0.25) is 14.4 Å². The topological polar surface area (TPSA) is 54.5 Å². The number of fused-ring (bicyclic) bond motifs is 1. The maximum absolute atomic E-state index is 12.7. The maximum atomic E-state index is 12.7. The molecular weight excluding hydrogens is 562 g/mol. The van der Waals surface area contributed by atoms with Gasteiger partial charge in [0.05, 0.1) is 16.8 Å². The summed E-state index contributed by atoms with van der Waals surface area (Å²) in [4.78, 5) is 37.3. The Bertz CT molecular complexity index is 831. The number of amides is 2. The molecule has 0 fully saturated rings. The number of anilines is 1. The molecule has 8 heteroatoms. The van der Waals surface area contributed by atoms with E-state index in [4.69, 9.17) is 0 Å². The van der Waals surface area contributed by atoms with Crippen LogP contribution in [0.2, 0.25) is 0 Å². The summed E-state index contributed by atoms with van der Waals surface area (Å²) >= 11 is 13.5. The average Bonchev–Trinajstić information content (AvgIpc) is 2.82. The Labute approximate surface area is 164 Å². The van der Waals surface area contributed by atoms with E-state index in [9.17, 15) is 14.4 Å². The first-order valence-electron chi connectivity index (χ1n) is 6.18. The number of imide groups is 1. The van der Waals surface area contributed by atoms with Crippen molar-refractivity contribution in [2.75, 3.05) is 4.90 Å². The van der Waals surface area contributed by atoms with E-state index in [2.05, 4.69) is 63.7 Å². The van der Waals surface area contributed by atoms with Crippen LogP contribution in [0.25, 0.3) is 0 Å². The lowest BCUT2D eigenvalue weighted by molar-refractivity contribution is 0.0925. The number of carbonyl (C=O) groups excluding carboxylic acids is 3. The Morgan fingerprint density at radius 3 is 1.57 bits per heavy atom. The van der Waals surface area contributed by atoms with E-state index in [1.54, 1.807) is 24.3 Å². The average molecular weight is 567 g/mol. The molecular formula is C15H5Br4NO3. The maximum Gasteiger partial charge on any atom is 0.267 e. The smallest absolute Gasteiger partial charge is 0.267 e. The lowest BCUT2D eigenvalue weighted by Crippen LogP contribution is -2.29. The third-order valence-electron chi connectivity index (χ3n) is 3.39. The minimum Gasteiger partial charge on any atom is -0.298 e. The summed E-state index contributed by atoms with van der Waals surface area (Å²) in [6.45, 7) is 0. The van der Waals surface area contributed by atoms with E-state index < -0.39 is 11.8 Å². The highest BCUT2D eigenvalue weighted by Gasteiger charge is 2.41. The van der Waals surface area contributed by atoms with Gasteiger partial charge in [-0.1, -0.05) is 0 Å². The number of hydrogen-bond acceptors (Lipinski definition) is 3. The van der Waals surface area contributed by atoms with Gasteiger partial charge in [0.25, 0.3) is 11.8 Å². The second-order valence-electron chi connectivity index (χ2n) is 4.66. The van der Waals surface area contributed by atoms with Gasteiger partial charge in [-0.2, -0.15) is 0 Å². The van der Waals surface area contributed by atoms with Crippen LogP contribution in [-0.4, -0.2) is 18.1 Å². The van der Waals surface area contributed by atoms with Crippen LogP contribution in [0.4, 0.5) is 5.69 Å². The third kappa shape index (κ3) is 2.56. The zero-order chi connectivity index (χ0) is 16.9. The molecule has 0 bridgehead atoms. The summed E-state index contributed by atoms with van der Waals surface area (Å²) < 4.78 is 2.30. The predicted molar refractivity (Wildman–Crippen MR) is 100 cm³/mol. The first-order chi connectivity index (χ1) is 10.9. The summed E-state index contributed by atoms with van der Waals surface area (Å²) in [5, 5.41) is 0. The zero-order valence-electron chi connectivity index (χ0n) is 11.1. The summed E-state index contributed by atoms with van der Waals surface area (Å²) in [5.74, 6) is -0.853. The molecule has 2 amide bonds. The van der Waals surface area contributed by atoms with Crippen LogP contribution in [-0.2, 0) is 0 Å². The monoisotopic (exact) mass is 563 g/mol. The molecule has 2 aromatic rings. The number of carbonyl (C=O) groups is 3. The Hall–Kier alpha value is -0.830. The van der Waals surface area contributed by atoms with Crippen LogP contribution in [0.1, 0.15) is 31.1 Å². The fraction of sp³-hybridized carbons (Fsp3) is 0. The Kier molecular flexibility index (Phi) is 4.61. The SMILES string of the molecule is O=Cc1ccc(N2C(=O)c3c(Br)c(Br)c(Br)c(Br)c3C2=O)cc1. The zero-order valence-corrected chi connectivity index (χ0v) is 17.4. The van der Waals surface area contributed by atoms with E-state index in [1.165, 1.54) is 0 Å². The van der Waals surface area contributed by atoms with Crippen LogP contribution >= 0.6 is 63.7 Å².